The van der Waals surface area contributed by atoms with Gasteiger partial charge in [-0.15, -0.1) is 0 Å². The van der Waals surface area contributed by atoms with Gasteiger partial charge in [-0.25, -0.2) is 0 Å². The first-order valence-electron chi connectivity index (χ1n) is 8.95. The maximum atomic E-state index is 12.4. The van der Waals surface area contributed by atoms with Crippen LogP contribution in [0.3, 0.4) is 0 Å². The van der Waals surface area contributed by atoms with Crippen LogP contribution in [-0.2, 0) is 60.7 Å². The van der Waals surface area contributed by atoms with Gasteiger partial charge in [0.2, 0.25) is 0 Å². The Bertz CT molecular complexity index is 2010. The highest BCUT2D eigenvalue weighted by atomic mass is 35.5. The largest absolute Gasteiger partial charge is 0.297 e. The van der Waals surface area contributed by atoms with E-state index in [0.717, 1.165) is 0 Å². The van der Waals surface area contributed by atoms with Crippen LogP contribution in [0, 0.1) is 13.8 Å². The van der Waals surface area contributed by atoms with Crippen LogP contribution in [0.4, 0.5) is 0 Å². The minimum Gasteiger partial charge on any atom is -0.282 e. The molecule has 0 heterocycles. The van der Waals surface area contributed by atoms with Crippen molar-refractivity contribution < 1.29 is 77.8 Å². The maximum Gasteiger partial charge on any atom is 0.297 e. The fraction of sp³-hybridized carbons (Fsp3) is 0.143. The Morgan fingerprint density at radius 1 is 0.375 bits per heavy atom. The van der Waals surface area contributed by atoms with E-state index in [-0.39, 0.29) is 0 Å². The molecule has 0 aliphatic rings. The summed E-state index contributed by atoms with van der Waals surface area (Å²) in [6.45, 7) is 0.925. The Morgan fingerprint density at radius 2 is 0.550 bits per heavy atom. The first-order valence-corrected chi connectivity index (χ1v) is 18.3. The second-order valence-corrected chi connectivity index (χ2v) is 16.4. The molecule has 2 rings (SSSR count). The van der Waals surface area contributed by atoms with Crippen molar-refractivity contribution in [2.75, 3.05) is 0 Å². The van der Waals surface area contributed by atoms with Crippen LogP contribution >= 0.6 is 23.2 Å². The number of hydrogen-bond donors (Lipinski definition) is 6. The molecular weight excluding hydrogens is 719 g/mol. The van der Waals surface area contributed by atoms with E-state index in [9.17, 15) is 77.8 Å². The van der Waals surface area contributed by atoms with Gasteiger partial charge in [-0.3, -0.25) is 27.3 Å². The number of hydrogen-bond acceptors (Lipinski definition) is 12. The molecule has 0 spiro atoms. The molecule has 2 aromatic carbocycles. The molecule has 2 aromatic rings. The zero-order chi connectivity index (χ0) is 31.9. The van der Waals surface area contributed by atoms with Crippen molar-refractivity contribution in [3.8, 4) is 11.1 Å². The molecule has 0 aliphatic carbocycles. The first kappa shape index (κ1) is 34.7. The highest BCUT2D eigenvalue weighted by Crippen LogP contribution is 2.51. The van der Waals surface area contributed by atoms with E-state index in [1.54, 1.807) is 0 Å². The molecule has 0 unspecified atom stereocenters. The minimum atomic E-state index is -6.41. The van der Waals surface area contributed by atoms with Crippen LogP contribution < -0.4 is 0 Å². The Kier molecular flexibility index (Phi) is 8.71. The number of halogens is 2. The van der Waals surface area contributed by atoms with Gasteiger partial charge >= 0.3 is 0 Å². The van der Waals surface area contributed by atoms with Gasteiger partial charge in [-0.1, -0.05) is 23.2 Å². The van der Waals surface area contributed by atoms with Gasteiger partial charge in [0.25, 0.3) is 60.7 Å². The van der Waals surface area contributed by atoms with Crippen molar-refractivity contribution >= 4 is 83.9 Å². The zero-order valence-electron chi connectivity index (χ0n) is 18.8. The van der Waals surface area contributed by atoms with E-state index < -0.39 is 122 Å². The quantitative estimate of drug-likeness (QED) is 0.214. The predicted octanol–water partition coefficient (Wildman–Crippen LogP) is 0.757. The number of benzene rings is 2. The summed E-state index contributed by atoms with van der Waals surface area (Å²) in [5.74, 6) is 0. The van der Waals surface area contributed by atoms with Gasteiger partial charge in [-0.2, -0.15) is 50.5 Å². The molecule has 40 heavy (non-hydrogen) atoms. The third-order valence-electron chi connectivity index (χ3n) is 4.86. The van der Waals surface area contributed by atoms with E-state index in [0.29, 0.717) is 13.8 Å². The van der Waals surface area contributed by atoms with Crippen molar-refractivity contribution in [3.63, 3.8) is 0 Å². The second-order valence-electron chi connectivity index (χ2n) is 7.45. The van der Waals surface area contributed by atoms with Crippen molar-refractivity contribution in [1.82, 2.24) is 0 Å². The molecule has 0 saturated carbocycles. The first-order chi connectivity index (χ1) is 17.4. The third-order valence-corrected chi connectivity index (χ3v) is 12.0. The molecule has 0 radical (unpaired) electrons. The summed E-state index contributed by atoms with van der Waals surface area (Å²) in [6.07, 6.45) is 0. The van der Waals surface area contributed by atoms with Crippen LogP contribution in [-0.4, -0.2) is 77.8 Å². The smallest absolute Gasteiger partial charge is 0.282 e. The lowest BCUT2D eigenvalue weighted by molar-refractivity contribution is 0.462. The Balaban J connectivity index is 4.03. The van der Waals surface area contributed by atoms with Crippen molar-refractivity contribution in [1.29, 1.82) is 0 Å². The molecule has 0 amide bonds. The van der Waals surface area contributed by atoms with Gasteiger partial charge in [-0.05, 0) is 25.0 Å². The lowest BCUT2D eigenvalue weighted by atomic mass is 10.0. The summed E-state index contributed by atoms with van der Waals surface area (Å²) in [5.41, 5.74) is -7.21. The normalized spacial score (nSPS) is 13.9. The summed E-state index contributed by atoms with van der Waals surface area (Å²) >= 11 is 11.4. The van der Waals surface area contributed by atoms with Gasteiger partial charge in [0.15, 0.2) is 0 Å². The summed E-state index contributed by atoms with van der Waals surface area (Å²) in [4.78, 5) is -13.5. The molecule has 226 valence electrons. The Labute approximate surface area is 236 Å². The van der Waals surface area contributed by atoms with Gasteiger partial charge < -0.3 is 0 Å². The Hall–Kier alpha value is -1.52. The molecular formula is C14H12Cl2O18S6. The van der Waals surface area contributed by atoms with Crippen LogP contribution in [0.1, 0.15) is 11.1 Å². The van der Waals surface area contributed by atoms with E-state index in [1.165, 1.54) is 0 Å². The van der Waals surface area contributed by atoms with Gasteiger partial charge in [0.1, 0.15) is 29.4 Å². The van der Waals surface area contributed by atoms with Crippen LogP contribution in [0.5, 0.6) is 0 Å². The van der Waals surface area contributed by atoms with E-state index in [1.807, 2.05) is 0 Å². The molecule has 18 nitrogen and oxygen atoms in total. The lowest BCUT2D eigenvalue weighted by Gasteiger charge is -2.24. The van der Waals surface area contributed by atoms with E-state index >= 15 is 0 Å². The minimum absolute atomic E-state index is 0.462. The van der Waals surface area contributed by atoms with E-state index in [2.05, 4.69) is 0 Å². The van der Waals surface area contributed by atoms with Crippen molar-refractivity contribution in [2.45, 2.75) is 43.2 Å². The summed E-state index contributed by atoms with van der Waals surface area (Å²) in [7, 11) is -37.2. The molecule has 0 saturated heterocycles. The predicted molar refractivity (Wildman–Crippen MR) is 130 cm³/mol. The van der Waals surface area contributed by atoms with Gasteiger partial charge in [0, 0.05) is 11.1 Å². The van der Waals surface area contributed by atoms with Crippen LogP contribution in [0.25, 0.3) is 11.1 Å². The molecule has 0 fully saturated rings. The van der Waals surface area contributed by atoms with Crippen molar-refractivity contribution in [3.05, 3.63) is 21.2 Å². The SMILES string of the molecule is Cc1c(Cl)c(S(=O)(=O)O)c(S(=O)(=O)O)c(-c2c(S(=O)(=O)O)c(C)c(Cl)c(S(=O)(=O)O)c2S(=O)(=O)O)c1S(=O)(=O)O. The molecule has 26 heteroatoms. The van der Waals surface area contributed by atoms with Gasteiger partial charge in [0.05, 0.1) is 10.0 Å². The van der Waals surface area contributed by atoms with E-state index in [4.69, 9.17) is 23.2 Å². The second kappa shape index (κ2) is 10.0. The zero-order valence-corrected chi connectivity index (χ0v) is 25.2. The molecule has 6 N–H and O–H groups in total. The maximum absolute atomic E-state index is 12.4. The number of rotatable bonds is 7. The van der Waals surface area contributed by atoms with Crippen molar-refractivity contribution in [2.24, 2.45) is 0 Å². The molecule has 0 aliphatic heterocycles. The van der Waals surface area contributed by atoms with Crippen LogP contribution in [0.15, 0.2) is 29.4 Å². The van der Waals surface area contributed by atoms with Crippen LogP contribution in [0.2, 0.25) is 10.0 Å². The third kappa shape index (κ3) is 6.14. The average Bonchev–Trinajstić information content (AvgIpc) is 2.65. The average molecular weight is 732 g/mol. The Morgan fingerprint density at radius 3 is 0.700 bits per heavy atom. The lowest BCUT2D eigenvalue weighted by Crippen LogP contribution is -2.21. The molecule has 0 bridgehead atoms. The standard InChI is InChI=1S/C14H12Cl2O18S6/c1-3-7(15)13(39(29,30)31)11(37(23,24)25)5(9(3)35(17,18)19)6-10(36(20,21)22)4(2)8(16)14(40(32,33)34)12(6)38(26,27)28/h1-2H3,(H,17,18,19)(H,20,21,22)(H,23,24,25)(H,26,27,28)(H,29,30,31)(H,32,33,34). The molecule has 0 atom stereocenters. The fourth-order valence-electron chi connectivity index (χ4n) is 3.60. The highest BCUT2D eigenvalue weighted by molar-refractivity contribution is 7.90. The summed E-state index contributed by atoms with van der Waals surface area (Å²) in [5, 5.41) is -3.18. The highest BCUT2D eigenvalue weighted by Gasteiger charge is 2.45. The summed E-state index contributed by atoms with van der Waals surface area (Å²) < 4.78 is 206. The monoisotopic (exact) mass is 730 g/mol. The molecule has 0 aromatic heterocycles. The summed E-state index contributed by atoms with van der Waals surface area (Å²) in [6, 6.07) is 0. The topological polar surface area (TPSA) is 326 Å². The fourth-order valence-corrected chi connectivity index (χ4v) is 11.1.